The molecule has 4 nitrogen and oxygen atoms in total. The van der Waals surface area contributed by atoms with Gasteiger partial charge in [-0.3, -0.25) is 4.57 Å². The number of hydrogen-bond donors (Lipinski definition) is 2. The van der Waals surface area contributed by atoms with Crippen molar-refractivity contribution in [2.45, 2.75) is 90.9 Å². The maximum atomic E-state index is 11.9. The van der Waals surface area contributed by atoms with Gasteiger partial charge in [-0.25, -0.2) is 0 Å². The smallest absolute Gasteiger partial charge is 0.344 e. The molecule has 0 aliphatic rings. The SMILES string of the molecule is CCCCCCCCP(=O)(O)CCCCCCCC.O=[P+](O)c1ccccc1. The zero-order valence-corrected chi connectivity index (χ0v) is 19.7. The molecule has 0 aliphatic heterocycles. The minimum atomic E-state index is -2.80. The molecule has 1 aromatic rings. The summed E-state index contributed by atoms with van der Waals surface area (Å²) in [7, 11) is -4.95. The van der Waals surface area contributed by atoms with Gasteiger partial charge < -0.3 is 4.89 Å². The third-order valence-corrected chi connectivity index (χ3v) is 7.47. The Hall–Kier alpha value is -0.530. The third-order valence-electron chi connectivity index (χ3n) is 4.70. The van der Waals surface area contributed by atoms with Crippen LogP contribution in [0.5, 0.6) is 0 Å². The molecule has 0 bridgehead atoms. The zero-order chi connectivity index (χ0) is 21.1. The van der Waals surface area contributed by atoms with Gasteiger partial charge in [0.1, 0.15) is 0 Å². The van der Waals surface area contributed by atoms with E-state index in [1.807, 2.05) is 6.07 Å². The highest BCUT2D eigenvalue weighted by atomic mass is 31.2. The third kappa shape index (κ3) is 17.6. The molecule has 1 aromatic carbocycles. The summed E-state index contributed by atoms with van der Waals surface area (Å²) in [6.45, 7) is 4.42. The van der Waals surface area contributed by atoms with Crippen LogP contribution in [0.15, 0.2) is 30.3 Å². The number of hydrogen-bond acceptors (Lipinski definition) is 2. The van der Waals surface area contributed by atoms with Gasteiger partial charge in [-0.2, -0.15) is 4.89 Å². The highest BCUT2D eigenvalue weighted by Gasteiger charge is 2.16. The van der Waals surface area contributed by atoms with E-state index in [2.05, 4.69) is 13.8 Å². The molecular formula is C22H41O4P2+. The van der Waals surface area contributed by atoms with Crippen molar-refractivity contribution < 1.29 is 18.9 Å². The van der Waals surface area contributed by atoms with Crippen LogP contribution in [-0.4, -0.2) is 22.1 Å². The molecular weight excluding hydrogens is 390 g/mol. The van der Waals surface area contributed by atoms with Crippen LogP contribution in [0.3, 0.4) is 0 Å². The maximum absolute atomic E-state index is 11.9. The lowest BCUT2D eigenvalue weighted by molar-refractivity contribution is 0.469. The Morgan fingerprint density at radius 3 is 1.50 bits per heavy atom. The summed E-state index contributed by atoms with van der Waals surface area (Å²) in [6, 6.07) is 8.53. The minimum Gasteiger partial charge on any atom is -0.344 e. The van der Waals surface area contributed by atoms with E-state index in [4.69, 9.17) is 4.89 Å². The monoisotopic (exact) mass is 431 g/mol. The van der Waals surface area contributed by atoms with Gasteiger partial charge in [-0.05, 0) is 29.5 Å². The highest BCUT2D eigenvalue weighted by Crippen LogP contribution is 2.42. The molecule has 6 heteroatoms. The lowest BCUT2D eigenvalue weighted by Gasteiger charge is -2.11. The van der Waals surface area contributed by atoms with Crippen molar-refractivity contribution in [3.63, 3.8) is 0 Å². The van der Waals surface area contributed by atoms with E-state index in [1.54, 1.807) is 24.3 Å². The zero-order valence-electron chi connectivity index (χ0n) is 17.9. The molecule has 0 saturated carbocycles. The van der Waals surface area contributed by atoms with Crippen molar-refractivity contribution in [2.75, 3.05) is 12.3 Å². The van der Waals surface area contributed by atoms with Crippen molar-refractivity contribution in [1.29, 1.82) is 0 Å². The first-order valence-electron chi connectivity index (χ1n) is 10.9. The quantitative estimate of drug-likeness (QED) is 0.231. The molecule has 1 rings (SSSR count). The van der Waals surface area contributed by atoms with Crippen LogP contribution < -0.4 is 5.30 Å². The van der Waals surface area contributed by atoms with Gasteiger partial charge >= 0.3 is 8.03 Å². The highest BCUT2D eigenvalue weighted by molar-refractivity contribution is 7.57. The first kappa shape index (κ1) is 27.5. The Bertz CT molecular complexity index is 515. The molecule has 28 heavy (non-hydrogen) atoms. The Labute approximate surface area is 173 Å². The molecule has 0 amide bonds. The summed E-state index contributed by atoms with van der Waals surface area (Å²) in [5.74, 6) is 0. The van der Waals surface area contributed by atoms with Crippen molar-refractivity contribution in [3.8, 4) is 0 Å². The average Bonchev–Trinajstić information content (AvgIpc) is 2.68. The van der Waals surface area contributed by atoms with Crippen molar-refractivity contribution >= 4 is 20.7 Å². The van der Waals surface area contributed by atoms with E-state index in [9.17, 15) is 14.0 Å². The van der Waals surface area contributed by atoms with Crippen molar-refractivity contribution in [2.24, 2.45) is 0 Å². The molecule has 0 fully saturated rings. The van der Waals surface area contributed by atoms with Crippen LogP contribution in [0.1, 0.15) is 90.9 Å². The summed E-state index contributed by atoms with van der Waals surface area (Å²) in [6.07, 6.45) is 15.4. The van der Waals surface area contributed by atoms with Crippen molar-refractivity contribution in [3.05, 3.63) is 30.3 Å². The van der Waals surface area contributed by atoms with Crippen LogP contribution in [0.2, 0.25) is 0 Å². The van der Waals surface area contributed by atoms with E-state index in [1.165, 1.54) is 51.4 Å². The molecule has 2 N–H and O–H groups in total. The van der Waals surface area contributed by atoms with Gasteiger partial charge in [0.05, 0.1) is 0 Å². The minimum absolute atomic E-state index is 0.479. The Morgan fingerprint density at radius 2 is 1.14 bits per heavy atom. The predicted octanol–water partition coefficient (Wildman–Crippen LogP) is 7.02. The Balaban J connectivity index is 0.000000668. The fraction of sp³-hybridized carbons (Fsp3) is 0.727. The largest absolute Gasteiger partial charge is 0.546 e. The van der Waals surface area contributed by atoms with Gasteiger partial charge in [-0.15, -0.1) is 0 Å². The number of benzene rings is 1. The summed E-state index contributed by atoms with van der Waals surface area (Å²) >= 11 is 0. The van der Waals surface area contributed by atoms with Crippen LogP contribution in [0.25, 0.3) is 0 Å². The van der Waals surface area contributed by atoms with Gasteiger partial charge in [-0.1, -0.05) is 96.3 Å². The van der Waals surface area contributed by atoms with Crippen LogP contribution in [0, 0.1) is 0 Å². The second-order valence-electron chi connectivity index (χ2n) is 7.44. The van der Waals surface area contributed by atoms with Crippen molar-refractivity contribution in [1.82, 2.24) is 0 Å². The standard InChI is InChI=1S/C16H35O2P.C6H5O2P/c1-3-5-7-9-11-13-15-19(17,18)16-14-12-10-8-6-4-2;7-9(8)6-4-2-1-3-5-6/h3-16H2,1-2H3,(H,17,18);1-5H/p+1. The van der Waals surface area contributed by atoms with Gasteiger partial charge in [0.2, 0.25) is 12.7 Å². The van der Waals surface area contributed by atoms with E-state index in [0.717, 1.165) is 25.7 Å². The molecule has 0 spiro atoms. The molecule has 0 saturated heterocycles. The second kappa shape index (κ2) is 18.5. The number of rotatable bonds is 15. The average molecular weight is 432 g/mol. The van der Waals surface area contributed by atoms with Gasteiger partial charge in [0, 0.05) is 12.3 Å². The molecule has 1 atom stereocenters. The lowest BCUT2D eigenvalue weighted by atomic mass is 10.1. The molecule has 0 aromatic heterocycles. The van der Waals surface area contributed by atoms with Crippen LogP contribution in [0.4, 0.5) is 0 Å². The normalized spacial score (nSPS) is 11.6. The van der Waals surface area contributed by atoms with E-state index < -0.39 is 15.4 Å². The van der Waals surface area contributed by atoms with E-state index in [0.29, 0.717) is 17.6 Å². The maximum Gasteiger partial charge on any atom is 0.546 e. The van der Waals surface area contributed by atoms with Gasteiger partial charge in [0.15, 0.2) is 0 Å². The summed E-state index contributed by atoms with van der Waals surface area (Å²) in [5.41, 5.74) is 0. The molecule has 0 aliphatic carbocycles. The summed E-state index contributed by atoms with van der Waals surface area (Å²) in [5, 5.41) is 0.479. The van der Waals surface area contributed by atoms with Crippen LogP contribution in [-0.2, 0) is 9.13 Å². The fourth-order valence-corrected chi connectivity index (χ4v) is 5.03. The van der Waals surface area contributed by atoms with E-state index >= 15 is 0 Å². The molecule has 0 heterocycles. The lowest BCUT2D eigenvalue weighted by Crippen LogP contribution is -1.96. The topological polar surface area (TPSA) is 74.6 Å². The first-order valence-corrected chi connectivity index (χ1v) is 14.2. The molecule has 0 radical (unpaired) electrons. The fourth-order valence-electron chi connectivity index (χ4n) is 2.95. The second-order valence-corrected chi connectivity index (χ2v) is 11.1. The number of unbranched alkanes of at least 4 members (excludes halogenated alkanes) is 10. The predicted molar refractivity (Wildman–Crippen MR) is 122 cm³/mol. The van der Waals surface area contributed by atoms with Gasteiger partial charge in [0.25, 0.3) is 0 Å². The molecule has 162 valence electrons. The Kier molecular flexibility index (Phi) is 18.1. The summed E-state index contributed by atoms with van der Waals surface area (Å²) < 4.78 is 22.3. The first-order chi connectivity index (χ1) is 13.4. The van der Waals surface area contributed by atoms with Crippen LogP contribution >= 0.6 is 15.4 Å². The molecule has 1 unspecified atom stereocenters. The van der Waals surface area contributed by atoms with E-state index in [-0.39, 0.29) is 0 Å². The summed E-state index contributed by atoms with van der Waals surface area (Å²) in [4.78, 5) is 18.4. The Morgan fingerprint density at radius 1 is 0.750 bits per heavy atom.